The average molecular weight is 420 g/mol. The lowest BCUT2D eigenvalue weighted by molar-refractivity contribution is -0.131. The maximum Gasteiger partial charge on any atom is 0.233 e. The molecule has 1 aromatic heterocycles. The summed E-state index contributed by atoms with van der Waals surface area (Å²) in [4.78, 5) is 20.9. The number of thioether (sulfide) groups is 1. The Kier molecular flexibility index (Phi) is 9.29. The maximum absolute atomic E-state index is 13.2. The molecular weight excluding hydrogens is 390 g/mol. The summed E-state index contributed by atoms with van der Waals surface area (Å²) in [6.45, 7) is 6.81. The van der Waals surface area contributed by atoms with Crippen molar-refractivity contribution in [2.45, 2.75) is 50.6 Å². The largest absolute Gasteiger partial charge is 0.333 e. The van der Waals surface area contributed by atoms with Crippen molar-refractivity contribution in [2.75, 3.05) is 18.8 Å². The van der Waals surface area contributed by atoms with Crippen molar-refractivity contribution in [3.05, 3.63) is 59.4 Å². The van der Waals surface area contributed by atoms with Crippen LogP contribution in [0.4, 0.5) is 0 Å². The molecule has 0 bridgehead atoms. The predicted octanol–water partition coefficient (Wildman–Crippen LogP) is 4.38. The molecule has 1 amide bonds. The van der Waals surface area contributed by atoms with Gasteiger partial charge in [0.05, 0.1) is 18.0 Å². The fourth-order valence-electron chi connectivity index (χ4n) is 3.48. The number of halogens is 1. The van der Waals surface area contributed by atoms with E-state index >= 15 is 0 Å². The summed E-state index contributed by atoms with van der Waals surface area (Å²) in [5, 5.41) is 3.45. The Morgan fingerprint density at radius 2 is 2.07 bits per heavy atom. The molecule has 152 valence electrons. The number of rotatable bonds is 6. The topological polar surface area (TPSA) is 45.2 Å². The fraction of sp³-hybridized carbons (Fsp3) is 0.455. The third kappa shape index (κ3) is 6.50. The first-order valence-electron chi connectivity index (χ1n) is 9.73. The third-order valence-corrected chi connectivity index (χ3v) is 6.20. The molecule has 1 N–H and O–H groups in total. The van der Waals surface area contributed by atoms with Crippen molar-refractivity contribution < 1.29 is 4.79 Å². The van der Waals surface area contributed by atoms with Gasteiger partial charge < -0.3 is 10.2 Å². The molecule has 1 aromatic carbocycles. The van der Waals surface area contributed by atoms with E-state index in [4.69, 9.17) is 0 Å². The maximum atomic E-state index is 13.2. The monoisotopic (exact) mass is 419 g/mol. The molecule has 0 aliphatic carbocycles. The molecule has 28 heavy (non-hydrogen) atoms. The number of carbonyl (C=O) groups excluding carboxylic acids is 1. The van der Waals surface area contributed by atoms with Crippen LogP contribution in [0.1, 0.15) is 36.1 Å². The number of amides is 1. The van der Waals surface area contributed by atoms with Crippen LogP contribution in [0.5, 0.6) is 0 Å². The van der Waals surface area contributed by atoms with Crippen LogP contribution in [-0.2, 0) is 11.3 Å². The zero-order valence-corrected chi connectivity index (χ0v) is 18.3. The number of aromatic nitrogens is 1. The number of hydrogen-bond donors (Lipinski definition) is 1. The summed E-state index contributed by atoms with van der Waals surface area (Å²) in [6.07, 6.45) is 4.98. The summed E-state index contributed by atoms with van der Waals surface area (Å²) in [6, 6.07) is 12.6. The zero-order valence-electron chi connectivity index (χ0n) is 16.7. The molecule has 1 fully saturated rings. The number of carbonyl (C=O) groups is 1. The van der Waals surface area contributed by atoms with Gasteiger partial charge in [-0.25, -0.2) is 0 Å². The molecule has 1 saturated heterocycles. The Hall–Kier alpha value is -1.56. The van der Waals surface area contributed by atoms with Crippen molar-refractivity contribution in [2.24, 2.45) is 0 Å². The molecule has 2 aromatic rings. The minimum atomic E-state index is 0. The Morgan fingerprint density at radius 1 is 1.21 bits per heavy atom. The van der Waals surface area contributed by atoms with E-state index in [0.29, 0.717) is 12.3 Å². The second-order valence-electron chi connectivity index (χ2n) is 7.24. The number of hydrogen-bond acceptors (Lipinski definition) is 4. The molecule has 1 atom stereocenters. The molecule has 1 aliphatic rings. The molecule has 2 heterocycles. The van der Waals surface area contributed by atoms with Crippen molar-refractivity contribution in [3.63, 3.8) is 0 Å². The summed E-state index contributed by atoms with van der Waals surface area (Å²) in [7, 11) is 0. The molecular formula is C22H30ClN3OS. The van der Waals surface area contributed by atoms with E-state index in [1.807, 2.05) is 18.2 Å². The van der Waals surface area contributed by atoms with Gasteiger partial charge in [0.25, 0.3) is 0 Å². The smallest absolute Gasteiger partial charge is 0.233 e. The number of nitrogens with one attached hydrogen (secondary N) is 1. The van der Waals surface area contributed by atoms with Crippen molar-refractivity contribution in [1.82, 2.24) is 15.2 Å². The standard InChI is InChI=1S/C22H29N3OS.ClH/c1-17-8-9-18(2)21(14-17)27-16-22(26)25(15-19-6-3-4-12-24-19)20-7-5-11-23-13-10-20;/h3-4,6,8-9,12,14,20,23H,5,7,10-11,13,15-16H2,1-2H3;1H. The number of pyridine rings is 1. The summed E-state index contributed by atoms with van der Waals surface area (Å²) in [5.41, 5.74) is 3.42. The first-order valence-corrected chi connectivity index (χ1v) is 10.7. The van der Waals surface area contributed by atoms with Gasteiger partial charge in [-0.2, -0.15) is 0 Å². The van der Waals surface area contributed by atoms with E-state index in [1.165, 1.54) is 16.0 Å². The van der Waals surface area contributed by atoms with E-state index in [0.717, 1.165) is 38.0 Å². The predicted molar refractivity (Wildman–Crippen MR) is 119 cm³/mol. The number of nitrogens with zero attached hydrogens (tertiary/aromatic N) is 2. The van der Waals surface area contributed by atoms with E-state index in [1.54, 1.807) is 18.0 Å². The fourth-order valence-corrected chi connectivity index (χ4v) is 4.49. The number of benzene rings is 1. The van der Waals surface area contributed by atoms with Gasteiger partial charge in [0, 0.05) is 17.1 Å². The van der Waals surface area contributed by atoms with Crippen molar-refractivity contribution in [1.29, 1.82) is 0 Å². The highest BCUT2D eigenvalue weighted by atomic mass is 35.5. The Balaban J connectivity index is 0.00000280. The van der Waals surface area contributed by atoms with Gasteiger partial charge in [0.15, 0.2) is 0 Å². The van der Waals surface area contributed by atoms with Gasteiger partial charge in [-0.15, -0.1) is 24.2 Å². The molecule has 1 aliphatic heterocycles. The van der Waals surface area contributed by atoms with E-state index in [9.17, 15) is 4.79 Å². The lowest BCUT2D eigenvalue weighted by Gasteiger charge is -2.31. The first-order chi connectivity index (χ1) is 13.1. The summed E-state index contributed by atoms with van der Waals surface area (Å²) >= 11 is 1.65. The van der Waals surface area contributed by atoms with Crippen LogP contribution in [0.2, 0.25) is 0 Å². The lowest BCUT2D eigenvalue weighted by atomic mass is 10.1. The molecule has 3 rings (SSSR count). The second-order valence-corrected chi connectivity index (χ2v) is 8.25. The second kappa shape index (κ2) is 11.4. The molecule has 4 nitrogen and oxygen atoms in total. The molecule has 0 saturated carbocycles. The lowest BCUT2D eigenvalue weighted by Crippen LogP contribution is -2.41. The Morgan fingerprint density at radius 3 is 2.86 bits per heavy atom. The van der Waals surface area contributed by atoms with Crippen LogP contribution >= 0.6 is 24.2 Å². The molecule has 0 spiro atoms. The van der Waals surface area contributed by atoms with Crippen LogP contribution in [0.15, 0.2) is 47.5 Å². The summed E-state index contributed by atoms with van der Waals surface area (Å²) in [5.74, 6) is 0.680. The number of aryl methyl sites for hydroxylation is 2. The zero-order chi connectivity index (χ0) is 19.1. The normalized spacial score (nSPS) is 16.7. The van der Waals surface area contributed by atoms with Crippen molar-refractivity contribution >= 4 is 30.1 Å². The van der Waals surface area contributed by atoms with Crippen molar-refractivity contribution in [3.8, 4) is 0 Å². The van der Waals surface area contributed by atoms with Gasteiger partial charge in [-0.05, 0) is 70.0 Å². The SMILES string of the molecule is Cc1ccc(C)c(SCC(=O)N(Cc2ccccn2)C2CCCNCC2)c1.Cl. The highest BCUT2D eigenvalue weighted by molar-refractivity contribution is 8.00. The Bertz CT molecular complexity index is 749. The Labute approximate surface area is 178 Å². The quantitative estimate of drug-likeness (QED) is 0.705. The van der Waals surface area contributed by atoms with Crippen LogP contribution < -0.4 is 5.32 Å². The average Bonchev–Trinajstić information content (AvgIpc) is 2.96. The van der Waals surface area contributed by atoms with Crippen LogP contribution in [-0.4, -0.2) is 40.7 Å². The molecule has 1 unspecified atom stereocenters. The van der Waals surface area contributed by atoms with Crippen LogP contribution in [0.25, 0.3) is 0 Å². The third-order valence-electron chi connectivity index (χ3n) is 5.06. The van der Waals surface area contributed by atoms with Gasteiger partial charge in [0.1, 0.15) is 0 Å². The van der Waals surface area contributed by atoms with Gasteiger partial charge >= 0.3 is 0 Å². The minimum absolute atomic E-state index is 0. The van der Waals surface area contributed by atoms with Gasteiger partial charge in [-0.3, -0.25) is 9.78 Å². The van der Waals surface area contributed by atoms with Gasteiger partial charge in [-0.1, -0.05) is 23.8 Å². The highest BCUT2D eigenvalue weighted by Gasteiger charge is 2.25. The van der Waals surface area contributed by atoms with Crippen LogP contribution in [0, 0.1) is 13.8 Å². The molecule has 0 radical (unpaired) electrons. The molecule has 6 heteroatoms. The van der Waals surface area contributed by atoms with Gasteiger partial charge in [0.2, 0.25) is 5.91 Å². The van der Waals surface area contributed by atoms with E-state index in [2.05, 4.69) is 47.2 Å². The van der Waals surface area contributed by atoms with E-state index in [-0.39, 0.29) is 24.4 Å². The highest BCUT2D eigenvalue weighted by Crippen LogP contribution is 2.25. The van der Waals surface area contributed by atoms with E-state index < -0.39 is 0 Å². The van der Waals surface area contributed by atoms with Crippen LogP contribution in [0.3, 0.4) is 0 Å². The minimum Gasteiger partial charge on any atom is -0.333 e. The first kappa shape index (κ1) is 22.7. The summed E-state index contributed by atoms with van der Waals surface area (Å²) < 4.78 is 0.